The minimum atomic E-state index is -1.51. The van der Waals surface area contributed by atoms with Crippen molar-refractivity contribution in [1.82, 2.24) is 0 Å². The fourth-order valence-corrected chi connectivity index (χ4v) is 3.15. The summed E-state index contributed by atoms with van der Waals surface area (Å²) in [5.74, 6) is 0. The van der Waals surface area contributed by atoms with E-state index in [-0.39, 0.29) is 12.8 Å². The maximum absolute atomic E-state index is 11.3. The maximum atomic E-state index is 11.3. The number of rotatable bonds is 19. The Morgan fingerprint density at radius 1 is 0.897 bits per heavy atom. The number of allylic oxidation sites excluding steroid dienone is 1. The van der Waals surface area contributed by atoms with E-state index >= 15 is 0 Å². The molecule has 0 fully saturated rings. The van der Waals surface area contributed by atoms with Crippen molar-refractivity contribution in [3.05, 3.63) is 32.4 Å². The Hall–Kier alpha value is -1.87. The van der Waals surface area contributed by atoms with Crippen LogP contribution in [0.25, 0.3) is 0 Å². The topological polar surface area (TPSA) is 144 Å². The van der Waals surface area contributed by atoms with Crippen LogP contribution in [0.3, 0.4) is 0 Å². The number of aliphatic hydroxyl groups is 2. The molecule has 29 heavy (non-hydrogen) atoms. The Labute approximate surface area is 172 Å². The van der Waals surface area contributed by atoms with Gasteiger partial charge in [-0.05, 0) is 32.1 Å². The Morgan fingerprint density at radius 2 is 1.55 bits per heavy atom. The normalized spacial score (nSPS) is 15.7. The first kappa shape index (κ1) is 27.1. The summed E-state index contributed by atoms with van der Waals surface area (Å²) in [5, 5.41) is 43.0. The van der Waals surface area contributed by atoms with Crippen molar-refractivity contribution in [3.63, 3.8) is 0 Å². The summed E-state index contributed by atoms with van der Waals surface area (Å²) in [6.45, 7) is 2.09. The lowest BCUT2D eigenvalue weighted by atomic mass is 9.94. The molecule has 9 nitrogen and oxygen atoms in total. The van der Waals surface area contributed by atoms with Crippen LogP contribution in [-0.2, 0) is 4.79 Å². The highest BCUT2D eigenvalue weighted by molar-refractivity contribution is 5.50. The molecule has 0 saturated heterocycles. The quantitative estimate of drug-likeness (QED) is 0.142. The van der Waals surface area contributed by atoms with Gasteiger partial charge in [0.05, 0.1) is 6.42 Å². The fourth-order valence-electron chi connectivity index (χ4n) is 3.15. The monoisotopic (exact) mass is 415 g/mol. The van der Waals surface area contributed by atoms with E-state index < -0.39 is 40.6 Å². The highest BCUT2D eigenvalue weighted by Gasteiger charge is 2.38. The Kier molecular flexibility index (Phi) is 15.9. The van der Waals surface area contributed by atoms with Gasteiger partial charge in [-0.2, -0.15) is 0 Å². The van der Waals surface area contributed by atoms with Crippen LogP contribution in [0.4, 0.5) is 0 Å². The van der Waals surface area contributed by atoms with E-state index in [1.807, 2.05) is 6.08 Å². The molecule has 0 aliphatic rings. The molecule has 0 aliphatic heterocycles. The van der Waals surface area contributed by atoms with Crippen LogP contribution in [-0.4, -0.2) is 50.6 Å². The average molecular weight is 416 g/mol. The van der Waals surface area contributed by atoms with Gasteiger partial charge in [-0.3, -0.25) is 25.0 Å². The first-order chi connectivity index (χ1) is 13.8. The first-order valence-corrected chi connectivity index (χ1v) is 10.5. The minimum absolute atomic E-state index is 0.0708. The number of nitrogens with zero attached hydrogens (tertiary/aromatic N) is 2. The molecule has 0 amide bonds. The van der Waals surface area contributed by atoms with E-state index in [4.69, 9.17) is 0 Å². The second-order valence-corrected chi connectivity index (χ2v) is 7.38. The highest BCUT2D eigenvalue weighted by Crippen LogP contribution is 2.18. The van der Waals surface area contributed by atoms with Gasteiger partial charge in [-0.1, -0.05) is 44.8 Å². The number of hydrogen-bond donors (Lipinski definition) is 2. The zero-order chi connectivity index (χ0) is 22.1. The van der Waals surface area contributed by atoms with Gasteiger partial charge in [0.25, 0.3) is 0 Å². The van der Waals surface area contributed by atoms with Crippen molar-refractivity contribution in [2.45, 2.75) is 108 Å². The van der Waals surface area contributed by atoms with Crippen LogP contribution in [0.15, 0.2) is 12.2 Å². The fraction of sp³-hybridized carbons (Fsp3) is 0.850. The summed E-state index contributed by atoms with van der Waals surface area (Å²) in [7, 11) is 0. The van der Waals surface area contributed by atoms with Crippen LogP contribution in [0.5, 0.6) is 0 Å². The molecule has 4 unspecified atom stereocenters. The summed E-state index contributed by atoms with van der Waals surface area (Å²) in [6.07, 6.45) is 9.12. The van der Waals surface area contributed by atoms with Crippen LogP contribution in [0.2, 0.25) is 0 Å². The number of carbonyl (C=O) groups excluding carboxylic acids is 1. The summed E-state index contributed by atoms with van der Waals surface area (Å²) < 4.78 is 0. The second kappa shape index (κ2) is 17.0. The molecule has 0 spiro atoms. The molecule has 9 heteroatoms. The molecule has 4 atom stereocenters. The molecule has 0 aromatic carbocycles. The van der Waals surface area contributed by atoms with Crippen LogP contribution in [0, 0.1) is 20.2 Å². The zero-order valence-electron chi connectivity index (χ0n) is 17.3. The Balaban J connectivity index is 4.60. The molecule has 2 N–H and O–H groups in total. The van der Waals surface area contributed by atoms with Crippen molar-refractivity contribution in [2.75, 3.05) is 0 Å². The lowest BCUT2D eigenvalue weighted by Crippen LogP contribution is -2.42. The molecule has 0 aromatic heterocycles. The largest absolute Gasteiger partial charge is 0.386 e. The third kappa shape index (κ3) is 13.1. The van der Waals surface area contributed by atoms with E-state index in [1.165, 1.54) is 0 Å². The molecule has 0 saturated carbocycles. The number of unbranched alkanes of at least 4 members (excludes halogenated alkanes) is 7. The minimum Gasteiger partial charge on any atom is -0.386 e. The smallest absolute Gasteiger partial charge is 0.241 e. The summed E-state index contributed by atoms with van der Waals surface area (Å²) in [6, 6.07) is -2.78. The predicted octanol–water partition coefficient (Wildman–Crippen LogP) is 3.37. The molecule has 1 radical (unpaired) electrons. The average Bonchev–Trinajstić information content (AvgIpc) is 2.67. The van der Waals surface area contributed by atoms with Crippen molar-refractivity contribution in [1.29, 1.82) is 0 Å². The van der Waals surface area contributed by atoms with E-state index in [1.54, 1.807) is 12.4 Å². The summed E-state index contributed by atoms with van der Waals surface area (Å²) in [5.41, 5.74) is 0. The summed E-state index contributed by atoms with van der Waals surface area (Å²) >= 11 is 0. The molecule has 0 rings (SSSR count). The number of aliphatic hydroxyl groups excluding tert-OH is 2. The van der Waals surface area contributed by atoms with Gasteiger partial charge < -0.3 is 10.2 Å². The molecule has 0 aliphatic carbocycles. The van der Waals surface area contributed by atoms with Crippen molar-refractivity contribution in [2.24, 2.45) is 0 Å². The second-order valence-electron chi connectivity index (χ2n) is 7.38. The number of hydrogen-bond acceptors (Lipinski definition) is 7. The lowest BCUT2D eigenvalue weighted by molar-refractivity contribution is -0.554. The summed E-state index contributed by atoms with van der Waals surface area (Å²) in [4.78, 5) is 31.4. The van der Waals surface area contributed by atoms with Crippen molar-refractivity contribution in [3.8, 4) is 0 Å². The third-order valence-electron chi connectivity index (χ3n) is 4.96. The Bertz CT molecular complexity index is 499. The van der Waals surface area contributed by atoms with Crippen LogP contribution < -0.4 is 0 Å². The van der Waals surface area contributed by atoms with Gasteiger partial charge in [-0.15, -0.1) is 0 Å². The highest BCUT2D eigenvalue weighted by atomic mass is 16.6. The molecular weight excluding hydrogens is 380 g/mol. The molecular formula is C20H35N2O7. The standard InChI is InChI=1S/C20H35N2O7/c1-2-3-4-5-8-11-14-19(24)18(22(28)29)16-20(25)17(21(26)27)13-10-7-6-9-12-15-23/h8,11,17-20,24-25H,2-7,9-10,12-14,16H2,1H3/b11-8-. The molecule has 0 aromatic rings. The predicted molar refractivity (Wildman–Crippen MR) is 109 cm³/mol. The van der Waals surface area contributed by atoms with Gasteiger partial charge in [0.2, 0.25) is 12.1 Å². The van der Waals surface area contributed by atoms with Gasteiger partial charge in [0.15, 0.2) is 6.29 Å². The molecule has 0 heterocycles. The first-order valence-electron chi connectivity index (χ1n) is 10.5. The van der Waals surface area contributed by atoms with Crippen LogP contribution >= 0.6 is 0 Å². The van der Waals surface area contributed by atoms with Gasteiger partial charge in [0, 0.05) is 22.7 Å². The van der Waals surface area contributed by atoms with Gasteiger partial charge >= 0.3 is 0 Å². The van der Waals surface area contributed by atoms with Gasteiger partial charge in [0.1, 0.15) is 12.2 Å². The lowest BCUT2D eigenvalue weighted by Gasteiger charge is -2.20. The number of nitro groups is 2. The third-order valence-corrected chi connectivity index (χ3v) is 4.96. The van der Waals surface area contributed by atoms with Crippen molar-refractivity contribution >= 4 is 6.29 Å². The molecule has 0 bridgehead atoms. The van der Waals surface area contributed by atoms with Gasteiger partial charge in [-0.25, -0.2) is 0 Å². The van der Waals surface area contributed by atoms with E-state index in [0.717, 1.165) is 32.1 Å². The van der Waals surface area contributed by atoms with Crippen LogP contribution in [0.1, 0.15) is 84.0 Å². The van der Waals surface area contributed by atoms with E-state index in [9.17, 15) is 35.2 Å². The molecule has 167 valence electrons. The van der Waals surface area contributed by atoms with Crippen molar-refractivity contribution < 1.29 is 24.9 Å². The van der Waals surface area contributed by atoms with E-state index in [0.29, 0.717) is 25.7 Å². The zero-order valence-corrected chi connectivity index (χ0v) is 17.3. The SMILES string of the molecule is CCCCC/C=C\CC(O)C(CC(O)C(CCCCCC[C]=O)[N+](=O)[O-])[N+](=O)[O-]. The maximum Gasteiger partial charge on any atom is 0.241 e. The Morgan fingerprint density at radius 3 is 2.14 bits per heavy atom. The van der Waals surface area contributed by atoms with E-state index in [2.05, 4.69) is 6.92 Å².